The van der Waals surface area contributed by atoms with E-state index in [-0.39, 0.29) is 0 Å². The summed E-state index contributed by atoms with van der Waals surface area (Å²) in [7, 11) is 0. The van der Waals surface area contributed by atoms with E-state index < -0.39 is 0 Å². The molecule has 0 saturated carbocycles. The fraction of sp³-hybridized carbons (Fsp3) is 0.444. The van der Waals surface area contributed by atoms with Crippen LogP contribution in [-0.2, 0) is 0 Å². The smallest absolute Gasteiger partial charge is 0.0664 e. The molecule has 1 aromatic carbocycles. The summed E-state index contributed by atoms with van der Waals surface area (Å²) >= 11 is 0. The van der Waals surface area contributed by atoms with Crippen LogP contribution < -0.4 is 0 Å². The molecular weight excluding hydrogens is 244 g/mol. The molecule has 1 rings (SSSR count). The van der Waals surface area contributed by atoms with Crippen molar-refractivity contribution in [3.8, 4) is 0 Å². The highest BCUT2D eigenvalue weighted by molar-refractivity contribution is 5.99. The van der Waals surface area contributed by atoms with Gasteiger partial charge in [-0.3, -0.25) is 9.98 Å². The molecule has 2 heteroatoms. The van der Waals surface area contributed by atoms with E-state index in [9.17, 15) is 0 Å². The highest BCUT2D eigenvalue weighted by atomic mass is 14.8. The Labute approximate surface area is 123 Å². The minimum Gasteiger partial charge on any atom is -0.266 e. The lowest BCUT2D eigenvalue weighted by Gasteiger charge is -2.07. The van der Waals surface area contributed by atoms with E-state index in [1.165, 1.54) is 16.7 Å². The number of rotatable bonds is 4. The van der Waals surface area contributed by atoms with Crippen molar-refractivity contribution in [3.63, 3.8) is 0 Å². The summed E-state index contributed by atoms with van der Waals surface area (Å²) in [5, 5.41) is 0. The largest absolute Gasteiger partial charge is 0.266 e. The molecule has 0 aromatic heterocycles. The Hall–Kier alpha value is -1.70. The molecule has 0 heterocycles. The number of nitrogens with zero attached hydrogens (tertiary/aromatic N) is 2. The molecule has 0 fully saturated rings. The van der Waals surface area contributed by atoms with Gasteiger partial charge in [0.25, 0.3) is 0 Å². The zero-order valence-corrected chi connectivity index (χ0v) is 13.8. The van der Waals surface area contributed by atoms with Gasteiger partial charge in [0.1, 0.15) is 0 Å². The van der Waals surface area contributed by atoms with Gasteiger partial charge in [-0.25, -0.2) is 0 Å². The van der Waals surface area contributed by atoms with Crippen LogP contribution in [0.1, 0.15) is 50.8 Å². The van der Waals surface area contributed by atoms with E-state index in [1.807, 2.05) is 20.0 Å². The standard InChI is InChI=1S/C18H26N2/c1-8-16(6)19-11-15(5)17(7)20-18-10-13(3)12(2)9-14(18)4/h9-11H,8H2,1-7H3/b15-11+,19-16?,20-17?. The van der Waals surface area contributed by atoms with Gasteiger partial charge in [-0.1, -0.05) is 13.0 Å². The molecule has 0 amide bonds. The number of hydrogen-bond acceptors (Lipinski definition) is 2. The molecule has 0 aliphatic carbocycles. The second-order valence-corrected chi connectivity index (χ2v) is 5.45. The number of benzene rings is 1. The Morgan fingerprint density at radius 3 is 2.20 bits per heavy atom. The molecule has 0 atom stereocenters. The molecule has 0 bridgehead atoms. The zero-order valence-electron chi connectivity index (χ0n) is 13.8. The highest BCUT2D eigenvalue weighted by Crippen LogP contribution is 2.23. The SMILES string of the molecule is CCC(C)=N/C=C(\C)C(C)=Nc1cc(C)c(C)cc1C. The van der Waals surface area contributed by atoms with Crippen molar-refractivity contribution in [2.24, 2.45) is 9.98 Å². The molecule has 0 N–H and O–H groups in total. The van der Waals surface area contributed by atoms with Crippen LogP contribution >= 0.6 is 0 Å². The van der Waals surface area contributed by atoms with E-state index in [0.29, 0.717) is 0 Å². The number of allylic oxidation sites excluding steroid dienone is 1. The first-order chi connectivity index (χ1) is 9.35. The summed E-state index contributed by atoms with van der Waals surface area (Å²) < 4.78 is 0. The zero-order chi connectivity index (χ0) is 15.3. The van der Waals surface area contributed by atoms with Crippen molar-refractivity contribution in [2.45, 2.75) is 54.9 Å². The van der Waals surface area contributed by atoms with Gasteiger partial charge in [0, 0.05) is 17.6 Å². The molecule has 108 valence electrons. The van der Waals surface area contributed by atoms with E-state index in [2.05, 4.69) is 51.7 Å². The Morgan fingerprint density at radius 2 is 1.60 bits per heavy atom. The van der Waals surface area contributed by atoms with Crippen LogP contribution in [-0.4, -0.2) is 11.4 Å². The third-order valence-electron chi connectivity index (χ3n) is 3.66. The average Bonchev–Trinajstić information content (AvgIpc) is 2.41. The maximum Gasteiger partial charge on any atom is 0.0664 e. The lowest BCUT2D eigenvalue weighted by molar-refractivity contribution is 1.24. The molecule has 1 aromatic rings. The van der Waals surface area contributed by atoms with Crippen LogP contribution in [0.4, 0.5) is 5.69 Å². The van der Waals surface area contributed by atoms with E-state index >= 15 is 0 Å². The highest BCUT2D eigenvalue weighted by Gasteiger charge is 2.02. The lowest BCUT2D eigenvalue weighted by atomic mass is 10.0. The second kappa shape index (κ2) is 7.18. The number of aryl methyl sites for hydroxylation is 3. The fourth-order valence-corrected chi connectivity index (χ4v) is 1.73. The van der Waals surface area contributed by atoms with Crippen molar-refractivity contribution in [1.29, 1.82) is 0 Å². The summed E-state index contributed by atoms with van der Waals surface area (Å²) in [5.74, 6) is 0. The van der Waals surface area contributed by atoms with Gasteiger partial charge in [-0.05, 0) is 76.3 Å². The topological polar surface area (TPSA) is 24.7 Å². The van der Waals surface area contributed by atoms with Crippen molar-refractivity contribution in [3.05, 3.63) is 40.6 Å². The second-order valence-electron chi connectivity index (χ2n) is 5.45. The quantitative estimate of drug-likeness (QED) is 0.647. The molecule has 20 heavy (non-hydrogen) atoms. The van der Waals surface area contributed by atoms with Crippen LogP contribution in [0.3, 0.4) is 0 Å². The molecular formula is C18H26N2. The average molecular weight is 270 g/mol. The Balaban J connectivity index is 3.08. The Kier molecular flexibility index (Phi) is 5.87. The maximum atomic E-state index is 4.74. The van der Waals surface area contributed by atoms with Crippen molar-refractivity contribution >= 4 is 17.1 Å². The van der Waals surface area contributed by atoms with Gasteiger partial charge in [-0.15, -0.1) is 0 Å². The normalized spacial score (nSPS) is 13.8. The first kappa shape index (κ1) is 16.4. The van der Waals surface area contributed by atoms with Gasteiger partial charge in [0.15, 0.2) is 0 Å². The van der Waals surface area contributed by atoms with Gasteiger partial charge in [-0.2, -0.15) is 0 Å². The van der Waals surface area contributed by atoms with Crippen molar-refractivity contribution < 1.29 is 0 Å². The van der Waals surface area contributed by atoms with E-state index in [0.717, 1.165) is 29.1 Å². The maximum absolute atomic E-state index is 4.74. The summed E-state index contributed by atoms with van der Waals surface area (Å²) in [6.45, 7) is 14.6. The predicted molar refractivity (Wildman–Crippen MR) is 90.6 cm³/mol. The third kappa shape index (κ3) is 4.44. The predicted octanol–water partition coefficient (Wildman–Crippen LogP) is 5.48. The van der Waals surface area contributed by atoms with Gasteiger partial charge in [0.2, 0.25) is 0 Å². The van der Waals surface area contributed by atoms with Crippen LogP contribution in [0.5, 0.6) is 0 Å². The monoisotopic (exact) mass is 270 g/mol. The lowest BCUT2D eigenvalue weighted by Crippen LogP contribution is -1.94. The van der Waals surface area contributed by atoms with Crippen LogP contribution in [0.2, 0.25) is 0 Å². The van der Waals surface area contributed by atoms with Crippen LogP contribution in [0.15, 0.2) is 33.9 Å². The van der Waals surface area contributed by atoms with Crippen LogP contribution in [0, 0.1) is 20.8 Å². The molecule has 0 aliphatic heterocycles. The minimum absolute atomic E-state index is 0.982. The minimum atomic E-state index is 0.982. The first-order valence-electron chi connectivity index (χ1n) is 7.18. The summed E-state index contributed by atoms with van der Waals surface area (Å²) in [5.41, 5.74) is 8.13. The van der Waals surface area contributed by atoms with Gasteiger partial charge < -0.3 is 0 Å². The summed E-state index contributed by atoms with van der Waals surface area (Å²) in [4.78, 5) is 9.18. The van der Waals surface area contributed by atoms with Gasteiger partial charge in [0.05, 0.1) is 5.69 Å². The molecule has 0 aliphatic rings. The summed E-state index contributed by atoms with van der Waals surface area (Å²) in [6, 6.07) is 4.35. The molecule has 2 nitrogen and oxygen atoms in total. The van der Waals surface area contributed by atoms with E-state index in [1.54, 1.807) is 0 Å². The number of aliphatic imine (C=N–C) groups is 2. The first-order valence-corrected chi connectivity index (χ1v) is 7.18. The van der Waals surface area contributed by atoms with Crippen molar-refractivity contribution in [1.82, 2.24) is 0 Å². The molecule has 0 unspecified atom stereocenters. The fourth-order valence-electron chi connectivity index (χ4n) is 1.73. The van der Waals surface area contributed by atoms with Gasteiger partial charge >= 0.3 is 0 Å². The molecule has 0 spiro atoms. The van der Waals surface area contributed by atoms with E-state index in [4.69, 9.17) is 4.99 Å². The summed E-state index contributed by atoms with van der Waals surface area (Å²) in [6.07, 6.45) is 2.89. The third-order valence-corrected chi connectivity index (χ3v) is 3.66. The molecule has 0 saturated heterocycles. The Morgan fingerprint density at radius 1 is 1.00 bits per heavy atom. The Bertz CT molecular complexity index is 575. The van der Waals surface area contributed by atoms with Crippen molar-refractivity contribution in [2.75, 3.05) is 0 Å². The molecule has 0 radical (unpaired) electrons. The number of hydrogen-bond donors (Lipinski definition) is 0. The van der Waals surface area contributed by atoms with Crippen LogP contribution in [0.25, 0.3) is 0 Å².